The van der Waals surface area contributed by atoms with E-state index in [4.69, 9.17) is 4.74 Å². The van der Waals surface area contributed by atoms with E-state index >= 15 is 0 Å². The van der Waals surface area contributed by atoms with Crippen molar-refractivity contribution in [3.63, 3.8) is 0 Å². The van der Waals surface area contributed by atoms with Crippen LogP contribution in [0.15, 0.2) is 24.5 Å². The molecule has 1 heterocycles. The highest BCUT2D eigenvalue weighted by atomic mass is 16.5. The minimum atomic E-state index is -0.158. The number of aryl methyl sites for hydroxylation is 1. The maximum absolute atomic E-state index is 11.4. The van der Waals surface area contributed by atoms with Crippen molar-refractivity contribution >= 4 is 22.7 Å². The molecule has 0 saturated carbocycles. The van der Waals surface area contributed by atoms with Gasteiger partial charge in [0.2, 0.25) is 0 Å². The first kappa shape index (κ1) is 15.2. The van der Waals surface area contributed by atoms with Crippen LogP contribution in [0, 0.1) is 6.92 Å². The van der Waals surface area contributed by atoms with Crippen LogP contribution in [-0.4, -0.2) is 28.6 Å². The number of benzene rings is 1. The lowest BCUT2D eigenvalue weighted by Gasteiger charge is -2.15. The smallest absolute Gasteiger partial charge is 0.305 e. The normalized spacial score (nSPS) is 12.1. The highest BCUT2D eigenvalue weighted by Crippen LogP contribution is 2.21. The summed E-state index contributed by atoms with van der Waals surface area (Å²) in [6.07, 6.45) is 2.66. The van der Waals surface area contributed by atoms with Crippen LogP contribution in [0.5, 0.6) is 0 Å². The van der Waals surface area contributed by atoms with Crippen molar-refractivity contribution < 1.29 is 9.53 Å². The number of ether oxygens (including phenoxy) is 1. The molecule has 0 aliphatic carbocycles. The Balaban J connectivity index is 2.05. The van der Waals surface area contributed by atoms with Crippen molar-refractivity contribution in [3.05, 3.63) is 30.1 Å². The van der Waals surface area contributed by atoms with E-state index in [1.807, 2.05) is 32.9 Å². The van der Waals surface area contributed by atoms with E-state index < -0.39 is 0 Å². The summed E-state index contributed by atoms with van der Waals surface area (Å²) in [7, 11) is 0. The Morgan fingerprint density at radius 1 is 1.38 bits per heavy atom. The predicted molar refractivity (Wildman–Crippen MR) is 83.2 cm³/mol. The fourth-order valence-corrected chi connectivity index (χ4v) is 2.16. The quantitative estimate of drug-likeness (QED) is 0.827. The van der Waals surface area contributed by atoms with Crippen molar-refractivity contribution in [1.29, 1.82) is 0 Å². The zero-order chi connectivity index (χ0) is 15.2. The van der Waals surface area contributed by atoms with Gasteiger partial charge in [-0.1, -0.05) is 11.6 Å². The largest absolute Gasteiger partial charge is 0.466 e. The molecular formula is C16H21N3O2. The van der Waals surface area contributed by atoms with Gasteiger partial charge in [0.25, 0.3) is 0 Å². The van der Waals surface area contributed by atoms with Crippen LogP contribution in [0.25, 0.3) is 10.9 Å². The number of hydrogen-bond acceptors (Lipinski definition) is 5. The lowest BCUT2D eigenvalue weighted by molar-refractivity contribution is -0.143. The van der Waals surface area contributed by atoms with Crippen molar-refractivity contribution in [2.24, 2.45) is 0 Å². The number of hydrogen-bond donors (Lipinski definition) is 1. The number of nitrogens with one attached hydrogen (secondary N) is 1. The van der Waals surface area contributed by atoms with Gasteiger partial charge in [-0.15, -0.1) is 0 Å². The van der Waals surface area contributed by atoms with E-state index in [9.17, 15) is 4.79 Å². The van der Waals surface area contributed by atoms with E-state index in [0.29, 0.717) is 19.4 Å². The molecule has 0 aliphatic rings. The third-order valence-corrected chi connectivity index (χ3v) is 3.26. The zero-order valence-corrected chi connectivity index (χ0v) is 12.7. The van der Waals surface area contributed by atoms with Crippen LogP contribution in [0.1, 0.15) is 32.3 Å². The van der Waals surface area contributed by atoms with Gasteiger partial charge in [0.15, 0.2) is 0 Å². The molecule has 112 valence electrons. The second-order valence-electron chi connectivity index (χ2n) is 5.13. The number of rotatable bonds is 6. The Kier molecular flexibility index (Phi) is 5.09. The van der Waals surface area contributed by atoms with Gasteiger partial charge in [0.1, 0.15) is 12.1 Å². The van der Waals surface area contributed by atoms with E-state index in [1.165, 1.54) is 5.56 Å². The lowest BCUT2D eigenvalue weighted by atomic mass is 10.1. The fraction of sp³-hybridized carbons (Fsp3) is 0.438. The van der Waals surface area contributed by atoms with Gasteiger partial charge in [-0.25, -0.2) is 9.97 Å². The van der Waals surface area contributed by atoms with Gasteiger partial charge in [0, 0.05) is 17.8 Å². The maximum Gasteiger partial charge on any atom is 0.305 e. The van der Waals surface area contributed by atoms with E-state index in [-0.39, 0.29) is 12.0 Å². The van der Waals surface area contributed by atoms with Crippen molar-refractivity contribution in [3.8, 4) is 0 Å². The first-order valence-electron chi connectivity index (χ1n) is 7.23. The Hall–Kier alpha value is -2.17. The van der Waals surface area contributed by atoms with Crippen molar-refractivity contribution in [2.45, 2.75) is 39.7 Å². The Labute approximate surface area is 124 Å². The summed E-state index contributed by atoms with van der Waals surface area (Å²) in [6, 6.07) is 6.22. The number of esters is 1. The minimum Gasteiger partial charge on any atom is -0.466 e. The second-order valence-corrected chi connectivity index (χ2v) is 5.13. The molecule has 0 spiro atoms. The van der Waals surface area contributed by atoms with Gasteiger partial charge in [-0.3, -0.25) is 4.79 Å². The molecule has 0 aliphatic heterocycles. The van der Waals surface area contributed by atoms with Crippen molar-refractivity contribution in [1.82, 2.24) is 9.97 Å². The van der Waals surface area contributed by atoms with Crippen LogP contribution in [0.3, 0.4) is 0 Å². The van der Waals surface area contributed by atoms with Crippen LogP contribution in [-0.2, 0) is 9.53 Å². The number of anilines is 1. The third-order valence-electron chi connectivity index (χ3n) is 3.26. The molecule has 0 fully saturated rings. The molecule has 1 aromatic heterocycles. The highest BCUT2D eigenvalue weighted by Gasteiger charge is 2.10. The number of nitrogens with zero attached hydrogens (tertiary/aromatic N) is 2. The Morgan fingerprint density at radius 2 is 2.19 bits per heavy atom. The molecule has 5 heteroatoms. The van der Waals surface area contributed by atoms with Crippen LogP contribution in [0.2, 0.25) is 0 Å². The molecule has 1 unspecified atom stereocenters. The summed E-state index contributed by atoms with van der Waals surface area (Å²) in [5, 5.41) is 4.35. The Bertz CT molecular complexity index is 628. The minimum absolute atomic E-state index is 0.132. The molecule has 1 N–H and O–H groups in total. The first-order valence-corrected chi connectivity index (χ1v) is 7.23. The second kappa shape index (κ2) is 7.02. The number of carbonyl (C=O) groups excluding carboxylic acids is 1. The lowest BCUT2D eigenvalue weighted by Crippen LogP contribution is -2.18. The van der Waals surface area contributed by atoms with Crippen LogP contribution >= 0.6 is 0 Å². The monoisotopic (exact) mass is 287 g/mol. The standard InChI is InChI=1S/C16H21N3O2/c1-4-21-15(20)8-6-12(3)19-16-13-9-11(2)5-7-14(13)17-10-18-16/h5,7,9-10,12H,4,6,8H2,1-3H3,(H,17,18,19). The SMILES string of the molecule is CCOC(=O)CCC(C)Nc1ncnc2ccc(C)cc12. The molecule has 21 heavy (non-hydrogen) atoms. The fourth-order valence-electron chi connectivity index (χ4n) is 2.16. The number of fused-ring (bicyclic) bond motifs is 1. The summed E-state index contributed by atoms with van der Waals surface area (Å²) in [4.78, 5) is 20.0. The zero-order valence-electron chi connectivity index (χ0n) is 12.7. The average Bonchev–Trinajstić information content (AvgIpc) is 2.46. The van der Waals surface area contributed by atoms with Crippen LogP contribution in [0.4, 0.5) is 5.82 Å². The van der Waals surface area contributed by atoms with Crippen LogP contribution < -0.4 is 5.32 Å². The first-order chi connectivity index (χ1) is 10.1. The van der Waals surface area contributed by atoms with E-state index in [2.05, 4.69) is 21.4 Å². The molecule has 5 nitrogen and oxygen atoms in total. The summed E-state index contributed by atoms with van der Waals surface area (Å²) in [6.45, 7) is 6.31. The van der Waals surface area contributed by atoms with E-state index in [0.717, 1.165) is 16.7 Å². The molecule has 0 radical (unpaired) electrons. The van der Waals surface area contributed by atoms with Gasteiger partial charge < -0.3 is 10.1 Å². The van der Waals surface area contributed by atoms with Gasteiger partial charge in [0.05, 0.1) is 12.1 Å². The molecule has 2 aromatic rings. The predicted octanol–water partition coefficient (Wildman–Crippen LogP) is 3.08. The number of carbonyl (C=O) groups is 1. The number of aromatic nitrogens is 2. The highest BCUT2D eigenvalue weighted by molar-refractivity contribution is 5.89. The molecular weight excluding hydrogens is 266 g/mol. The third kappa shape index (κ3) is 4.15. The van der Waals surface area contributed by atoms with Gasteiger partial charge >= 0.3 is 5.97 Å². The summed E-state index contributed by atoms with van der Waals surface area (Å²) < 4.78 is 4.94. The van der Waals surface area contributed by atoms with E-state index in [1.54, 1.807) is 6.33 Å². The molecule has 0 amide bonds. The average molecular weight is 287 g/mol. The Morgan fingerprint density at radius 3 is 2.95 bits per heavy atom. The van der Waals surface area contributed by atoms with Gasteiger partial charge in [-0.05, 0) is 39.3 Å². The van der Waals surface area contributed by atoms with Crippen molar-refractivity contribution in [2.75, 3.05) is 11.9 Å². The topological polar surface area (TPSA) is 64.1 Å². The molecule has 1 aromatic carbocycles. The molecule has 2 rings (SSSR count). The maximum atomic E-state index is 11.4. The molecule has 1 atom stereocenters. The summed E-state index contributed by atoms with van der Waals surface area (Å²) >= 11 is 0. The molecule has 0 bridgehead atoms. The van der Waals surface area contributed by atoms with Gasteiger partial charge in [-0.2, -0.15) is 0 Å². The summed E-state index contributed by atoms with van der Waals surface area (Å²) in [5.41, 5.74) is 2.08. The molecule has 0 saturated heterocycles. The summed E-state index contributed by atoms with van der Waals surface area (Å²) in [5.74, 6) is 0.648.